The third-order valence-electron chi connectivity index (χ3n) is 4.40. The number of methoxy groups -OCH3 is 1. The first kappa shape index (κ1) is 19.6. The fourth-order valence-corrected chi connectivity index (χ4v) is 3.25. The zero-order chi connectivity index (χ0) is 19.2. The van der Waals surface area contributed by atoms with Crippen LogP contribution >= 0.6 is 23.2 Å². The normalized spacial score (nSPS) is 13.0. The van der Waals surface area contributed by atoms with Gasteiger partial charge in [-0.25, -0.2) is 0 Å². The summed E-state index contributed by atoms with van der Waals surface area (Å²) in [5.74, 6) is 0.761. The van der Waals surface area contributed by atoms with Gasteiger partial charge in [-0.3, -0.25) is 0 Å². The molecule has 2 unspecified atom stereocenters. The zero-order valence-corrected chi connectivity index (χ0v) is 16.4. The minimum absolute atomic E-state index is 0.113. The van der Waals surface area contributed by atoms with Crippen molar-refractivity contribution in [2.75, 3.05) is 12.4 Å². The van der Waals surface area contributed by atoms with Gasteiger partial charge < -0.3 is 15.2 Å². The molecular formula is C22H21Cl2NO2. The van der Waals surface area contributed by atoms with Crippen molar-refractivity contribution >= 4 is 28.9 Å². The zero-order valence-electron chi connectivity index (χ0n) is 14.9. The molecule has 0 aliphatic rings. The highest BCUT2D eigenvalue weighted by molar-refractivity contribution is 6.31. The Kier molecular flexibility index (Phi) is 6.62. The molecule has 0 fully saturated rings. The summed E-state index contributed by atoms with van der Waals surface area (Å²) in [6, 6.07) is 22.5. The Balaban J connectivity index is 1.82. The van der Waals surface area contributed by atoms with Crippen LogP contribution < -0.4 is 10.1 Å². The molecule has 0 aliphatic carbocycles. The number of benzene rings is 3. The number of nitrogens with one attached hydrogen (secondary N) is 1. The smallest absolute Gasteiger partial charge is 0.118 e. The van der Waals surface area contributed by atoms with Gasteiger partial charge in [0.05, 0.1) is 19.3 Å². The van der Waals surface area contributed by atoms with Crippen LogP contribution in [0.3, 0.4) is 0 Å². The number of halogens is 2. The Labute approximate surface area is 169 Å². The minimum atomic E-state index is -0.636. The number of anilines is 1. The maximum atomic E-state index is 10.8. The van der Waals surface area contributed by atoms with E-state index >= 15 is 0 Å². The summed E-state index contributed by atoms with van der Waals surface area (Å²) < 4.78 is 5.18. The highest BCUT2D eigenvalue weighted by atomic mass is 35.5. The average Bonchev–Trinajstić information content (AvgIpc) is 2.68. The SMILES string of the molecule is COc1ccc(C(O)CC(Nc2cccc(Cl)c2)c2ccc(Cl)cc2)cc1. The summed E-state index contributed by atoms with van der Waals surface area (Å²) in [6.07, 6.45) is -0.149. The lowest BCUT2D eigenvalue weighted by Crippen LogP contribution is -2.15. The summed E-state index contributed by atoms with van der Waals surface area (Å²) in [5.41, 5.74) is 2.76. The van der Waals surface area contributed by atoms with Gasteiger partial charge in [-0.1, -0.05) is 53.5 Å². The fraction of sp³-hybridized carbons (Fsp3) is 0.182. The highest BCUT2D eigenvalue weighted by Gasteiger charge is 2.18. The van der Waals surface area contributed by atoms with Crippen molar-refractivity contribution in [1.82, 2.24) is 0 Å². The van der Waals surface area contributed by atoms with Crippen LogP contribution in [0.15, 0.2) is 72.8 Å². The Morgan fingerprint density at radius 1 is 0.889 bits per heavy atom. The molecule has 0 aromatic heterocycles. The number of hydrogen-bond donors (Lipinski definition) is 2. The molecular weight excluding hydrogens is 381 g/mol. The number of aliphatic hydroxyl groups excluding tert-OH is 1. The quantitative estimate of drug-likeness (QED) is 0.489. The van der Waals surface area contributed by atoms with Crippen molar-refractivity contribution in [1.29, 1.82) is 0 Å². The van der Waals surface area contributed by atoms with E-state index in [0.29, 0.717) is 16.5 Å². The van der Waals surface area contributed by atoms with Crippen molar-refractivity contribution in [3.05, 3.63) is 94.0 Å². The van der Waals surface area contributed by atoms with Gasteiger partial charge in [-0.15, -0.1) is 0 Å². The van der Waals surface area contributed by atoms with E-state index in [-0.39, 0.29) is 6.04 Å². The second-order valence-electron chi connectivity index (χ2n) is 6.28. The van der Waals surface area contributed by atoms with Gasteiger partial charge in [-0.05, 0) is 53.6 Å². The molecule has 3 aromatic rings. The van der Waals surface area contributed by atoms with Gasteiger partial charge in [0.1, 0.15) is 5.75 Å². The molecule has 3 nitrogen and oxygen atoms in total. The van der Waals surface area contributed by atoms with Crippen molar-refractivity contribution in [3.63, 3.8) is 0 Å². The molecule has 2 atom stereocenters. The molecule has 27 heavy (non-hydrogen) atoms. The van der Waals surface area contributed by atoms with Crippen LogP contribution in [0.1, 0.15) is 29.7 Å². The average molecular weight is 402 g/mol. The van der Waals surface area contributed by atoms with E-state index in [1.165, 1.54) is 0 Å². The van der Waals surface area contributed by atoms with Crippen LogP contribution in [-0.4, -0.2) is 12.2 Å². The standard InChI is InChI=1S/C22H21Cl2NO2/c1-27-20-11-7-16(8-12-20)22(26)14-21(15-5-9-17(23)10-6-15)25-19-4-2-3-18(24)13-19/h2-13,21-22,25-26H,14H2,1H3. The molecule has 0 amide bonds. The topological polar surface area (TPSA) is 41.5 Å². The van der Waals surface area contributed by atoms with Crippen molar-refractivity contribution in [3.8, 4) is 5.75 Å². The number of rotatable bonds is 7. The number of hydrogen-bond acceptors (Lipinski definition) is 3. The van der Waals surface area contributed by atoms with Crippen LogP contribution in [0.5, 0.6) is 5.75 Å². The molecule has 5 heteroatoms. The van der Waals surface area contributed by atoms with Gasteiger partial charge >= 0.3 is 0 Å². The van der Waals surface area contributed by atoms with Crippen LogP contribution in [0, 0.1) is 0 Å². The first-order valence-electron chi connectivity index (χ1n) is 8.65. The van der Waals surface area contributed by atoms with Crippen LogP contribution in [0.4, 0.5) is 5.69 Å². The van der Waals surface area contributed by atoms with Crippen molar-refractivity contribution in [2.45, 2.75) is 18.6 Å². The lowest BCUT2D eigenvalue weighted by atomic mass is 9.96. The first-order valence-corrected chi connectivity index (χ1v) is 9.40. The molecule has 3 rings (SSSR count). The lowest BCUT2D eigenvalue weighted by molar-refractivity contribution is 0.160. The Hall–Kier alpha value is -2.20. The van der Waals surface area contributed by atoms with Crippen LogP contribution in [-0.2, 0) is 0 Å². The van der Waals surface area contributed by atoms with Gasteiger partial charge in [0, 0.05) is 22.2 Å². The van der Waals surface area contributed by atoms with Gasteiger partial charge in [-0.2, -0.15) is 0 Å². The molecule has 0 bridgehead atoms. The summed E-state index contributed by atoms with van der Waals surface area (Å²) in [6.45, 7) is 0. The predicted molar refractivity (Wildman–Crippen MR) is 112 cm³/mol. The minimum Gasteiger partial charge on any atom is -0.497 e. The second-order valence-corrected chi connectivity index (χ2v) is 7.16. The van der Waals surface area contributed by atoms with Gasteiger partial charge in [0.15, 0.2) is 0 Å². The largest absolute Gasteiger partial charge is 0.497 e. The van der Waals surface area contributed by atoms with Gasteiger partial charge in [0.2, 0.25) is 0 Å². The third kappa shape index (κ3) is 5.39. The summed E-state index contributed by atoms with van der Waals surface area (Å²) in [5, 5.41) is 15.6. The van der Waals surface area contributed by atoms with E-state index in [0.717, 1.165) is 22.6 Å². The maximum Gasteiger partial charge on any atom is 0.118 e. The van der Waals surface area contributed by atoms with Crippen LogP contribution in [0.2, 0.25) is 10.0 Å². The van der Waals surface area contributed by atoms with E-state index in [1.807, 2.05) is 72.8 Å². The highest BCUT2D eigenvalue weighted by Crippen LogP contribution is 2.31. The summed E-state index contributed by atoms with van der Waals surface area (Å²) in [7, 11) is 1.62. The summed E-state index contributed by atoms with van der Waals surface area (Å²) >= 11 is 12.1. The molecule has 0 spiro atoms. The molecule has 0 heterocycles. The molecule has 0 aliphatic heterocycles. The van der Waals surface area contributed by atoms with E-state index in [9.17, 15) is 5.11 Å². The lowest BCUT2D eigenvalue weighted by Gasteiger charge is -2.24. The first-order chi connectivity index (χ1) is 13.0. The Morgan fingerprint density at radius 2 is 1.56 bits per heavy atom. The fourth-order valence-electron chi connectivity index (χ4n) is 2.94. The number of aliphatic hydroxyl groups is 1. The summed E-state index contributed by atoms with van der Waals surface area (Å²) in [4.78, 5) is 0. The van der Waals surface area contributed by atoms with E-state index < -0.39 is 6.10 Å². The van der Waals surface area contributed by atoms with Gasteiger partial charge in [0.25, 0.3) is 0 Å². The number of ether oxygens (including phenoxy) is 1. The molecule has 2 N–H and O–H groups in total. The van der Waals surface area contributed by atoms with Crippen molar-refractivity contribution < 1.29 is 9.84 Å². The molecule has 3 aromatic carbocycles. The maximum absolute atomic E-state index is 10.8. The van der Waals surface area contributed by atoms with Crippen LogP contribution in [0.25, 0.3) is 0 Å². The van der Waals surface area contributed by atoms with Crippen molar-refractivity contribution in [2.24, 2.45) is 0 Å². The molecule has 140 valence electrons. The molecule has 0 radical (unpaired) electrons. The molecule has 0 saturated heterocycles. The second kappa shape index (κ2) is 9.14. The van der Waals surface area contributed by atoms with E-state index in [2.05, 4.69) is 5.32 Å². The van der Waals surface area contributed by atoms with E-state index in [4.69, 9.17) is 27.9 Å². The predicted octanol–water partition coefficient (Wildman–Crippen LogP) is 6.28. The Morgan fingerprint density at radius 3 is 2.19 bits per heavy atom. The molecule has 0 saturated carbocycles. The monoisotopic (exact) mass is 401 g/mol. The third-order valence-corrected chi connectivity index (χ3v) is 4.88. The van der Waals surface area contributed by atoms with E-state index in [1.54, 1.807) is 7.11 Å². The Bertz CT molecular complexity index is 866.